The molecule has 1 aromatic heterocycles. The van der Waals surface area contributed by atoms with E-state index < -0.39 is 5.97 Å². The van der Waals surface area contributed by atoms with Gasteiger partial charge in [-0.2, -0.15) is 0 Å². The van der Waals surface area contributed by atoms with Gasteiger partial charge in [-0.15, -0.1) is 0 Å². The zero-order chi connectivity index (χ0) is 18.2. The number of carbonyl (C=O) groups excluding carboxylic acids is 2. The Kier molecular flexibility index (Phi) is 6.41. The molecule has 132 valence electrons. The van der Waals surface area contributed by atoms with Crippen LogP contribution < -0.4 is 10.6 Å². The largest absolute Gasteiger partial charge is 0.465 e. The monoisotopic (exact) mass is 343 g/mol. The molecule has 1 heterocycles. The predicted molar refractivity (Wildman–Crippen MR) is 94.8 cm³/mol. The van der Waals surface area contributed by atoms with Gasteiger partial charge in [0.05, 0.1) is 12.7 Å². The first kappa shape index (κ1) is 18.3. The van der Waals surface area contributed by atoms with E-state index in [1.54, 1.807) is 24.3 Å². The van der Waals surface area contributed by atoms with Crippen molar-refractivity contribution < 1.29 is 14.3 Å². The van der Waals surface area contributed by atoms with Crippen LogP contribution in [0.5, 0.6) is 0 Å². The molecule has 0 aliphatic rings. The van der Waals surface area contributed by atoms with Gasteiger partial charge < -0.3 is 20.3 Å². The quantitative estimate of drug-likeness (QED) is 0.735. The fourth-order valence-corrected chi connectivity index (χ4v) is 1.96. The summed E-state index contributed by atoms with van der Waals surface area (Å²) in [6.07, 6.45) is 1.53. The summed E-state index contributed by atoms with van der Waals surface area (Å²) in [4.78, 5) is 34.0. The SMILES string of the molecule is COC(=O)c1ccc(NC(=O)c2ccnc(NCCN(C)C)n2)cc1. The molecule has 0 saturated heterocycles. The molecule has 25 heavy (non-hydrogen) atoms. The summed E-state index contributed by atoms with van der Waals surface area (Å²) in [6.45, 7) is 1.50. The van der Waals surface area contributed by atoms with Crippen molar-refractivity contribution in [3.05, 3.63) is 47.8 Å². The minimum Gasteiger partial charge on any atom is -0.465 e. The molecular formula is C17H21N5O3. The summed E-state index contributed by atoms with van der Waals surface area (Å²) in [5.41, 5.74) is 1.22. The third-order valence-corrected chi connectivity index (χ3v) is 3.29. The summed E-state index contributed by atoms with van der Waals surface area (Å²) in [5, 5.41) is 5.79. The van der Waals surface area contributed by atoms with Gasteiger partial charge in [-0.3, -0.25) is 4.79 Å². The number of aromatic nitrogens is 2. The van der Waals surface area contributed by atoms with E-state index in [-0.39, 0.29) is 11.6 Å². The van der Waals surface area contributed by atoms with Gasteiger partial charge >= 0.3 is 5.97 Å². The van der Waals surface area contributed by atoms with Crippen molar-refractivity contribution in [1.82, 2.24) is 14.9 Å². The zero-order valence-electron chi connectivity index (χ0n) is 14.4. The van der Waals surface area contributed by atoms with Crippen LogP contribution in [0, 0.1) is 0 Å². The molecule has 0 saturated carbocycles. The summed E-state index contributed by atoms with van der Waals surface area (Å²) in [7, 11) is 5.26. The van der Waals surface area contributed by atoms with Gasteiger partial charge in [0.15, 0.2) is 0 Å². The number of rotatable bonds is 7. The maximum absolute atomic E-state index is 12.3. The molecule has 0 atom stereocenters. The Morgan fingerprint density at radius 2 is 1.88 bits per heavy atom. The van der Waals surface area contributed by atoms with E-state index in [0.29, 0.717) is 23.7 Å². The van der Waals surface area contributed by atoms with Gasteiger partial charge in [0, 0.05) is 25.0 Å². The number of nitrogens with one attached hydrogen (secondary N) is 2. The van der Waals surface area contributed by atoms with E-state index in [9.17, 15) is 9.59 Å². The van der Waals surface area contributed by atoms with Crippen LogP contribution >= 0.6 is 0 Å². The number of hydrogen-bond donors (Lipinski definition) is 2. The second-order valence-electron chi connectivity index (χ2n) is 5.52. The van der Waals surface area contributed by atoms with Crippen LogP contribution in [0.3, 0.4) is 0 Å². The smallest absolute Gasteiger partial charge is 0.337 e. The van der Waals surface area contributed by atoms with Gasteiger partial charge in [-0.05, 0) is 44.4 Å². The minimum atomic E-state index is -0.429. The molecule has 8 heteroatoms. The molecular weight excluding hydrogens is 322 g/mol. The van der Waals surface area contributed by atoms with Gasteiger partial charge in [-0.1, -0.05) is 0 Å². The lowest BCUT2D eigenvalue weighted by atomic mass is 10.2. The number of ether oxygens (including phenoxy) is 1. The van der Waals surface area contributed by atoms with Gasteiger partial charge in [0.1, 0.15) is 5.69 Å². The van der Waals surface area contributed by atoms with Crippen molar-refractivity contribution in [1.29, 1.82) is 0 Å². The Bertz CT molecular complexity index is 731. The third kappa shape index (κ3) is 5.54. The summed E-state index contributed by atoms with van der Waals surface area (Å²) in [6, 6.07) is 7.95. The first-order valence-electron chi connectivity index (χ1n) is 7.71. The Morgan fingerprint density at radius 1 is 1.16 bits per heavy atom. The van der Waals surface area contributed by atoms with Crippen molar-refractivity contribution >= 4 is 23.5 Å². The molecule has 0 fully saturated rings. The first-order valence-corrected chi connectivity index (χ1v) is 7.71. The van der Waals surface area contributed by atoms with Crippen LogP contribution in [-0.2, 0) is 4.74 Å². The van der Waals surface area contributed by atoms with Crippen molar-refractivity contribution in [2.24, 2.45) is 0 Å². The van der Waals surface area contributed by atoms with E-state index in [1.807, 2.05) is 19.0 Å². The molecule has 1 amide bonds. The maximum atomic E-state index is 12.3. The molecule has 0 bridgehead atoms. The Balaban J connectivity index is 1.99. The third-order valence-electron chi connectivity index (χ3n) is 3.29. The van der Waals surface area contributed by atoms with E-state index in [4.69, 9.17) is 0 Å². The number of carbonyl (C=O) groups is 2. The van der Waals surface area contributed by atoms with Crippen molar-refractivity contribution in [2.45, 2.75) is 0 Å². The van der Waals surface area contributed by atoms with Crippen LogP contribution in [0.15, 0.2) is 36.5 Å². The zero-order valence-corrected chi connectivity index (χ0v) is 14.4. The molecule has 0 unspecified atom stereocenters. The highest BCUT2D eigenvalue weighted by molar-refractivity contribution is 6.03. The van der Waals surface area contributed by atoms with Crippen molar-refractivity contribution in [3.8, 4) is 0 Å². The van der Waals surface area contributed by atoms with E-state index >= 15 is 0 Å². The molecule has 2 rings (SSSR count). The van der Waals surface area contributed by atoms with Crippen LogP contribution in [0.1, 0.15) is 20.8 Å². The summed E-state index contributed by atoms with van der Waals surface area (Å²) < 4.78 is 4.63. The molecule has 0 aliphatic heterocycles. The van der Waals surface area contributed by atoms with Crippen molar-refractivity contribution in [3.63, 3.8) is 0 Å². The van der Waals surface area contributed by atoms with Crippen molar-refractivity contribution in [2.75, 3.05) is 44.9 Å². The second kappa shape index (κ2) is 8.74. The molecule has 0 aliphatic carbocycles. The standard InChI is InChI=1S/C17H21N5O3/c1-22(2)11-10-19-17-18-9-8-14(21-17)15(23)20-13-6-4-12(5-7-13)16(24)25-3/h4-9H,10-11H2,1-3H3,(H,20,23)(H,18,19,21). The number of esters is 1. The number of amides is 1. The van der Waals surface area contributed by atoms with E-state index in [1.165, 1.54) is 19.4 Å². The molecule has 2 aromatic rings. The number of anilines is 2. The van der Waals surface area contributed by atoms with E-state index in [2.05, 4.69) is 25.3 Å². The predicted octanol–water partition coefficient (Wildman–Crippen LogP) is 1.49. The van der Waals surface area contributed by atoms with Crippen LogP contribution in [0.25, 0.3) is 0 Å². The fourth-order valence-electron chi connectivity index (χ4n) is 1.96. The topological polar surface area (TPSA) is 96.4 Å². The number of hydrogen-bond acceptors (Lipinski definition) is 7. The lowest BCUT2D eigenvalue weighted by molar-refractivity contribution is 0.0600. The minimum absolute atomic E-state index is 0.249. The maximum Gasteiger partial charge on any atom is 0.337 e. The average Bonchev–Trinajstić information content (AvgIpc) is 2.61. The highest BCUT2D eigenvalue weighted by Gasteiger charge is 2.10. The normalized spacial score (nSPS) is 10.4. The molecule has 0 spiro atoms. The fraction of sp³-hybridized carbons (Fsp3) is 0.294. The number of methoxy groups -OCH3 is 1. The molecule has 2 N–H and O–H groups in total. The first-order chi connectivity index (χ1) is 12.0. The molecule has 0 radical (unpaired) electrons. The molecule has 1 aromatic carbocycles. The van der Waals surface area contributed by atoms with Gasteiger partial charge in [0.25, 0.3) is 5.91 Å². The Labute approximate surface area is 146 Å². The lowest BCUT2D eigenvalue weighted by Gasteiger charge is -2.11. The highest BCUT2D eigenvalue weighted by atomic mass is 16.5. The van der Waals surface area contributed by atoms with Crippen LogP contribution in [0.4, 0.5) is 11.6 Å². The van der Waals surface area contributed by atoms with E-state index in [0.717, 1.165) is 6.54 Å². The van der Waals surface area contributed by atoms with Gasteiger partial charge in [-0.25, -0.2) is 14.8 Å². The number of nitrogens with zero attached hydrogens (tertiary/aromatic N) is 3. The van der Waals surface area contributed by atoms with Crippen LogP contribution in [-0.4, -0.2) is 61.0 Å². The number of benzene rings is 1. The lowest BCUT2D eigenvalue weighted by Crippen LogP contribution is -2.22. The highest BCUT2D eigenvalue weighted by Crippen LogP contribution is 2.12. The second-order valence-corrected chi connectivity index (χ2v) is 5.52. The summed E-state index contributed by atoms with van der Waals surface area (Å²) in [5.74, 6) is -0.387. The Hall–Kier alpha value is -3.00. The van der Waals surface area contributed by atoms with Crippen LogP contribution in [0.2, 0.25) is 0 Å². The average molecular weight is 343 g/mol. The molecule has 8 nitrogen and oxygen atoms in total. The summed E-state index contributed by atoms with van der Waals surface area (Å²) >= 11 is 0. The Morgan fingerprint density at radius 3 is 2.52 bits per heavy atom. The van der Waals surface area contributed by atoms with Gasteiger partial charge in [0.2, 0.25) is 5.95 Å². The number of likely N-dealkylation sites (N-methyl/N-ethyl adjacent to an activating group) is 1.